The molecule has 0 fully saturated rings. The standard InChI is InChI=1S/C13H19N/c1-3-5-7-12(6-4-2)13-8-10-14-11-9-13/h6,8-11H,3-5,7H2,1-2H3/b12-6+. The molecule has 0 aliphatic heterocycles. The van der Waals surface area contributed by atoms with Crippen LogP contribution in [0, 0.1) is 0 Å². The fourth-order valence-corrected chi connectivity index (χ4v) is 1.54. The van der Waals surface area contributed by atoms with Gasteiger partial charge in [-0.1, -0.05) is 26.3 Å². The summed E-state index contributed by atoms with van der Waals surface area (Å²) in [6, 6.07) is 4.19. The molecule has 1 nitrogen and oxygen atoms in total. The number of allylic oxidation sites excluding steroid dienone is 2. The lowest BCUT2D eigenvalue weighted by Crippen LogP contribution is -1.85. The first kappa shape index (κ1) is 11.0. The number of pyridine rings is 1. The number of rotatable bonds is 5. The van der Waals surface area contributed by atoms with Gasteiger partial charge in [-0.25, -0.2) is 0 Å². The summed E-state index contributed by atoms with van der Waals surface area (Å²) < 4.78 is 0. The highest BCUT2D eigenvalue weighted by Gasteiger charge is 1.99. The van der Waals surface area contributed by atoms with E-state index in [-0.39, 0.29) is 0 Å². The predicted molar refractivity (Wildman–Crippen MR) is 62.0 cm³/mol. The largest absolute Gasteiger partial charge is 0.265 e. The van der Waals surface area contributed by atoms with Crippen molar-refractivity contribution in [2.24, 2.45) is 0 Å². The topological polar surface area (TPSA) is 12.9 Å². The van der Waals surface area contributed by atoms with Crippen molar-refractivity contribution in [1.29, 1.82) is 0 Å². The molecule has 0 aliphatic rings. The fourth-order valence-electron chi connectivity index (χ4n) is 1.54. The van der Waals surface area contributed by atoms with Crippen LogP contribution in [-0.2, 0) is 0 Å². The lowest BCUT2D eigenvalue weighted by atomic mass is 10.0. The van der Waals surface area contributed by atoms with Gasteiger partial charge in [0.1, 0.15) is 0 Å². The minimum atomic E-state index is 1.11. The molecule has 0 aliphatic carbocycles. The van der Waals surface area contributed by atoms with Crippen LogP contribution in [0.1, 0.15) is 45.1 Å². The van der Waals surface area contributed by atoms with E-state index in [1.807, 2.05) is 12.4 Å². The number of hydrogen-bond acceptors (Lipinski definition) is 1. The Morgan fingerprint density at radius 3 is 2.57 bits per heavy atom. The maximum Gasteiger partial charge on any atom is 0.0273 e. The third kappa shape index (κ3) is 3.33. The van der Waals surface area contributed by atoms with Crippen molar-refractivity contribution in [3.8, 4) is 0 Å². The van der Waals surface area contributed by atoms with Gasteiger partial charge in [-0.2, -0.15) is 0 Å². The van der Waals surface area contributed by atoms with Crippen molar-refractivity contribution in [3.63, 3.8) is 0 Å². The average molecular weight is 189 g/mol. The van der Waals surface area contributed by atoms with Gasteiger partial charge in [0, 0.05) is 12.4 Å². The first-order valence-corrected chi connectivity index (χ1v) is 5.48. The van der Waals surface area contributed by atoms with E-state index in [2.05, 4.69) is 37.0 Å². The summed E-state index contributed by atoms with van der Waals surface area (Å²) in [6.45, 7) is 4.42. The van der Waals surface area contributed by atoms with Gasteiger partial charge in [0.15, 0.2) is 0 Å². The van der Waals surface area contributed by atoms with Crippen LogP contribution in [-0.4, -0.2) is 4.98 Å². The SMILES string of the molecule is CC/C=C(\CCCC)c1ccncc1. The van der Waals surface area contributed by atoms with Gasteiger partial charge in [-0.15, -0.1) is 0 Å². The number of aromatic nitrogens is 1. The second-order valence-corrected chi connectivity index (χ2v) is 3.48. The highest BCUT2D eigenvalue weighted by atomic mass is 14.6. The molecule has 1 heteroatoms. The maximum absolute atomic E-state index is 4.04. The van der Waals surface area contributed by atoms with Crippen molar-refractivity contribution in [2.45, 2.75) is 39.5 Å². The molecule has 1 aromatic heterocycles. The van der Waals surface area contributed by atoms with Crippen molar-refractivity contribution in [1.82, 2.24) is 4.98 Å². The molecule has 0 aromatic carbocycles. The number of hydrogen-bond donors (Lipinski definition) is 0. The lowest BCUT2D eigenvalue weighted by molar-refractivity contribution is 0.822. The molecule has 76 valence electrons. The van der Waals surface area contributed by atoms with Gasteiger partial charge in [0.2, 0.25) is 0 Å². The Morgan fingerprint density at radius 1 is 1.29 bits per heavy atom. The van der Waals surface area contributed by atoms with Gasteiger partial charge < -0.3 is 0 Å². The highest BCUT2D eigenvalue weighted by Crippen LogP contribution is 2.20. The summed E-state index contributed by atoms with van der Waals surface area (Å²) in [4.78, 5) is 4.04. The molecule has 0 unspecified atom stereocenters. The minimum Gasteiger partial charge on any atom is -0.265 e. The van der Waals surface area contributed by atoms with Crippen LogP contribution in [0.2, 0.25) is 0 Å². The van der Waals surface area contributed by atoms with Crippen LogP contribution in [0.15, 0.2) is 30.6 Å². The molecule has 0 atom stereocenters. The molecular formula is C13H19N. The minimum absolute atomic E-state index is 1.11. The van der Waals surface area contributed by atoms with Crippen LogP contribution in [0.3, 0.4) is 0 Å². The Kier molecular flexibility index (Phi) is 4.98. The third-order valence-electron chi connectivity index (χ3n) is 2.30. The molecular weight excluding hydrogens is 170 g/mol. The quantitative estimate of drug-likeness (QED) is 0.680. The molecule has 0 bridgehead atoms. The van der Waals surface area contributed by atoms with Crippen LogP contribution in [0.4, 0.5) is 0 Å². The Morgan fingerprint density at radius 2 is 2.00 bits per heavy atom. The Hall–Kier alpha value is -1.11. The Balaban J connectivity index is 2.73. The molecule has 1 aromatic rings. The van der Waals surface area contributed by atoms with E-state index in [1.54, 1.807) is 0 Å². The van der Waals surface area contributed by atoms with Crippen molar-refractivity contribution >= 4 is 5.57 Å². The molecule has 1 rings (SSSR count). The average Bonchev–Trinajstić information content (AvgIpc) is 2.25. The number of unbranched alkanes of at least 4 members (excludes halogenated alkanes) is 1. The second-order valence-electron chi connectivity index (χ2n) is 3.48. The van der Waals surface area contributed by atoms with Gasteiger partial charge in [0.25, 0.3) is 0 Å². The van der Waals surface area contributed by atoms with Crippen molar-refractivity contribution < 1.29 is 0 Å². The summed E-state index contributed by atoms with van der Waals surface area (Å²) in [5.41, 5.74) is 2.80. The zero-order chi connectivity index (χ0) is 10.2. The Labute approximate surface area is 86.9 Å². The zero-order valence-corrected chi connectivity index (χ0v) is 9.16. The van der Waals surface area contributed by atoms with E-state index in [9.17, 15) is 0 Å². The smallest absolute Gasteiger partial charge is 0.0273 e. The molecule has 0 radical (unpaired) electrons. The molecule has 0 N–H and O–H groups in total. The summed E-state index contributed by atoms with van der Waals surface area (Å²) in [5, 5.41) is 0. The van der Waals surface area contributed by atoms with Crippen LogP contribution < -0.4 is 0 Å². The van der Waals surface area contributed by atoms with Gasteiger partial charge >= 0.3 is 0 Å². The van der Waals surface area contributed by atoms with Crippen molar-refractivity contribution in [3.05, 3.63) is 36.2 Å². The molecule has 1 heterocycles. The molecule has 0 saturated heterocycles. The van der Waals surface area contributed by atoms with Crippen LogP contribution in [0.5, 0.6) is 0 Å². The molecule has 0 spiro atoms. The van der Waals surface area contributed by atoms with Gasteiger partial charge in [0.05, 0.1) is 0 Å². The third-order valence-corrected chi connectivity index (χ3v) is 2.30. The van der Waals surface area contributed by atoms with E-state index < -0.39 is 0 Å². The van der Waals surface area contributed by atoms with Crippen molar-refractivity contribution in [2.75, 3.05) is 0 Å². The van der Waals surface area contributed by atoms with E-state index in [0.29, 0.717) is 0 Å². The fraction of sp³-hybridized carbons (Fsp3) is 0.462. The molecule has 0 saturated carbocycles. The van der Waals surface area contributed by atoms with E-state index >= 15 is 0 Å². The highest BCUT2D eigenvalue weighted by molar-refractivity contribution is 5.64. The van der Waals surface area contributed by atoms with Crippen LogP contribution >= 0.6 is 0 Å². The Bertz CT molecular complexity index is 275. The normalized spacial score (nSPS) is 11.7. The monoisotopic (exact) mass is 189 g/mol. The predicted octanol–water partition coefficient (Wildman–Crippen LogP) is 4.07. The lowest BCUT2D eigenvalue weighted by Gasteiger charge is -2.06. The second kappa shape index (κ2) is 6.36. The summed E-state index contributed by atoms with van der Waals surface area (Å²) in [5.74, 6) is 0. The summed E-state index contributed by atoms with van der Waals surface area (Å²) >= 11 is 0. The maximum atomic E-state index is 4.04. The number of nitrogens with zero attached hydrogens (tertiary/aromatic N) is 1. The van der Waals surface area contributed by atoms with E-state index in [0.717, 1.165) is 6.42 Å². The zero-order valence-electron chi connectivity index (χ0n) is 9.16. The first-order valence-electron chi connectivity index (χ1n) is 5.48. The summed E-state index contributed by atoms with van der Waals surface area (Å²) in [6.07, 6.45) is 10.9. The van der Waals surface area contributed by atoms with E-state index in [1.165, 1.54) is 30.4 Å². The molecule has 0 amide bonds. The van der Waals surface area contributed by atoms with Gasteiger partial charge in [-0.3, -0.25) is 4.98 Å². The first-order chi connectivity index (χ1) is 6.88. The van der Waals surface area contributed by atoms with Gasteiger partial charge in [-0.05, 0) is 42.5 Å². The summed E-state index contributed by atoms with van der Waals surface area (Å²) in [7, 11) is 0. The van der Waals surface area contributed by atoms with Crippen LogP contribution in [0.25, 0.3) is 5.57 Å². The molecule has 14 heavy (non-hydrogen) atoms. The van der Waals surface area contributed by atoms with E-state index in [4.69, 9.17) is 0 Å².